The fourth-order valence-corrected chi connectivity index (χ4v) is 8.59. The number of nitrogens with zero attached hydrogens (tertiary/aromatic N) is 8. The van der Waals surface area contributed by atoms with E-state index in [0.29, 0.717) is 83.1 Å². The third kappa shape index (κ3) is 7.99. The van der Waals surface area contributed by atoms with Gasteiger partial charge in [-0.15, -0.1) is 5.10 Å². The van der Waals surface area contributed by atoms with Crippen molar-refractivity contribution in [2.45, 2.75) is 123 Å². The molecule has 2 aromatic heterocycles. The van der Waals surface area contributed by atoms with Gasteiger partial charge >= 0.3 is 5.97 Å². The Balaban J connectivity index is 1.11. The van der Waals surface area contributed by atoms with E-state index in [-0.39, 0.29) is 40.9 Å². The maximum absolute atomic E-state index is 15.0. The Morgan fingerprint density at radius 1 is 0.964 bits per heavy atom. The fraction of sp³-hybridized carbons (Fsp3) is 0.650. The summed E-state index contributed by atoms with van der Waals surface area (Å²) < 4.78 is 44.9. The SMILES string of the molecule is CC(=O)N1CCc2c(c(N3CCCc4cc(C(=O)N5CCC(c6cn([C@H](C(=O)OC(C)(C)C)C(C)C)nn6)CC5)c(C(F)F)cc43)nn2C2CCOCC2)C1. The zero-order valence-electron chi connectivity index (χ0n) is 32.9. The van der Waals surface area contributed by atoms with Crippen molar-refractivity contribution in [2.24, 2.45) is 5.92 Å². The first kappa shape index (κ1) is 38.9. The largest absolute Gasteiger partial charge is 0.458 e. The van der Waals surface area contributed by atoms with Gasteiger partial charge in [0.2, 0.25) is 5.91 Å². The summed E-state index contributed by atoms with van der Waals surface area (Å²) in [5, 5.41) is 13.9. The Morgan fingerprint density at radius 2 is 1.69 bits per heavy atom. The van der Waals surface area contributed by atoms with Crippen molar-refractivity contribution in [3.8, 4) is 0 Å². The molecule has 1 atom stereocenters. The average Bonchev–Trinajstić information content (AvgIpc) is 3.78. The highest BCUT2D eigenvalue weighted by Crippen LogP contribution is 2.42. The average molecular weight is 765 g/mol. The Kier molecular flexibility index (Phi) is 11.0. The minimum atomic E-state index is -2.86. The second kappa shape index (κ2) is 15.6. The number of hydrogen-bond acceptors (Lipinski definition) is 9. The van der Waals surface area contributed by atoms with Crippen LogP contribution in [0.1, 0.15) is 137 Å². The summed E-state index contributed by atoms with van der Waals surface area (Å²) in [6.07, 6.45) is 3.88. The van der Waals surface area contributed by atoms with Crippen LogP contribution in [0.25, 0.3) is 0 Å². The Morgan fingerprint density at radius 3 is 2.35 bits per heavy atom. The fourth-order valence-electron chi connectivity index (χ4n) is 8.59. The molecule has 55 heavy (non-hydrogen) atoms. The van der Waals surface area contributed by atoms with Crippen LogP contribution >= 0.6 is 0 Å². The third-order valence-electron chi connectivity index (χ3n) is 11.4. The number of likely N-dealkylation sites (tertiary alicyclic amines) is 1. The van der Waals surface area contributed by atoms with Crippen LogP contribution < -0.4 is 4.90 Å². The molecule has 0 N–H and O–H groups in total. The number of piperidine rings is 1. The number of amides is 2. The molecule has 0 saturated carbocycles. The number of carbonyl (C=O) groups excluding carboxylic acids is 3. The van der Waals surface area contributed by atoms with Crippen LogP contribution in [0.2, 0.25) is 0 Å². The molecule has 0 bridgehead atoms. The minimum Gasteiger partial charge on any atom is -0.458 e. The highest BCUT2D eigenvalue weighted by Gasteiger charge is 2.36. The summed E-state index contributed by atoms with van der Waals surface area (Å²) in [5.74, 6) is -0.148. The Bertz CT molecular complexity index is 1900. The first-order valence-electron chi connectivity index (χ1n) is 19.8. The first-order chi connectivity index (χ1) is 26.2. The van der Waals surface area contributed by atoms with Gasteiger partial charge in [0.05, 0.1) is 18.3 Å². The molecule has 7 rings (SSSR count). The zero-order chi connectivity index (χ0) is 39.2. The van der Waals surface area contributed by atoms with Gasteiger partial charge in [0, 0.05) is 92.9 Å². The number of benzene rings is 1. The summed E-state index contributed by atoms with van der Waals surface area (Å²) in [5.41, 5.74) is 3.39. The van der Waals surface area contributed by atoms with Crippen LogP contribution in [-0.4, -0.2) is 97.4 Å². The predicted octanol–water partition coefficient (Wildman–Crippen LogP) is 6.31. The van der Waals surface area contributed by atoms with E-state index in [9.17, 15) is 23.2 Å². The normalized spacial score (nSPS) is 19.1. The van der Waals surface area contributed by atoms with E-state index in [1.165, 1.54) is 6.07 Å². The number of fused-ring (bicyclic) bond motifs is 2. The Hall–Kier alpha value is -4.40. The van der Waals surface area contributed by atoms with Gasteiger partial charge in [-0.25, -0.2) is 18.3 Å². The first-order valence-corrected chi connectivity index (χ1v) is 19.8. The number of esters is 1. The summed E-state index contributed by atoms with van der Waals surface area (Å²) in [6.45, 7) is 14.6. The van der Waals surface area contributed by atoms with Gasteiger partial charge in [-0.3, -0.25) is 14.3 Å². The van der Waals surface area contributed by atoms with Gasteiger partial charge in [-0.2, -0.15) is 5.10 Å². The van der Waals surface area contributed by atoms with Crippen molar-refractivity contribution >= 4 is 29.3 Å². The standard InChI is InChI=1S/C40H54F2N8O5/c1-24(2)35(39(53)55-40(4,5)6)49-23-32(43-45-49)26-9-15-46(16-10-26)38(52)30-20-27-8-7-14-48(34(27)21-29(30)36(41)42)37-31-22-47(25(3)51)17-11-33(31)50(44-37)28-12-18-54-19-13-28/h20-21,23-24,26,28,35-36H,7-19,22H2,1-6H3/t35-/m0/s1. The molecule has 0 spiro atoms. The lowest BCUT2D eigenvalue weighted by molar-refractivity contribution is -0.161. The summed E-state index contributed by atoms with van der Waals surface area (Å²) >= 11 is 0. The third-order valence-corrected chi connectivity index (χ3v) is 11.4. The van der Waals surface area contributed by atoms with Crippen LogP contribution in [0.3, 0.4) is 0 Å². The number of alkyl halides is 2. The van der Waals surface area contributed by atoms with E-state index in [1.54, 1.807) is 28.8 Å². The predicted molar refractivity (Wildman–Crippen MR) is 200 cm³/mol. The number of rotatable bonds is 8. The number of ether oxygens (including phenoxy) is 2. The molecule has 0 radical (unpaired) electrons. The summed E-state index contributed by atoms with van der Waals surface area (Å²) in [4.78, 5) is 45.1. The minimum absolute atomic E-state index is 0.00158. The molecule has 2 saturated heterocycles. The maximum atomic E-state index is 15.0. The smallest absolute Gasteiger partial charge is 0.331 e. The monoisotopic (exact) mass is 764 g/mol. The Labute approximate surface area is 321 Å². The van der Waals surface area contributed by atoms with E-state index < -0.39 is 24.0 Å². The van der Waals surface area contributed by atoms with Gasteiger partial charge in [0.1, 0.15) is 5.60 Å². The van der Waals surface area contributed by atoms with Crippen LogP contribution in [0.15, 0.2) is 18.3 Å². The van der Waals surface area contributed by atoms with Crippen molar-refractivity contribution in [1.29, 1.82) is 0 Å². The van der Waals surface area contributed by atoms with Crippen molar-refractivity contribution in [1.82, 2.24) is 34.6 Å². The van der Waals surface area contributed by atoms with Gasteiger partial charge in [-0.05, 0) is 82.9 Å². The zero-order valence-corrected chi connectivity index (χ0v) is 32.9. The van der Waals surface area contributed by atoms with Crippen LogP contribution in [0.4, 0.5) is 20.3 Å². The van der Waals surface area contributed by atoms with Gasteiger partial charge < -0.3 is 24.2 Å². The molecule has 1 aromatic carbocycles. The lowest BCUT2D eigenvalue weighted by Gasteiger charge is -2.34. The van der Waals surface area contributed by atoms with Crippen molar-refractivity contribution in [3.63, 3.8) is 0 Å². The molecule has 2 fully saturated rings. The second-order valence-electron chi connectivity index (χ2n) is 16.8. The number of halogens is 2. The molecule has 0 unspecified atom stereocenters. The lowest BCUT2D eigenvalue weighted by atomic mass is 9.91. The molecule has 2 amide bonds. The van der Waals surface area contributed by atoms with Gasteiger partial charge in [0.15, 0.2) is 11.9 Å². The van der Waals surface area contributed by atoms with Crippen molar-refractivity contribution in [2.75, 3.05) is 44.3 Å². The van der Waals surface area contributed by atoms with E-state index in [2.05, 4.69) is 15.0 Å². The van der Waals surface area contributed by atoms with Crippen molar-refractivity contribution in [3.05, 3.63) is 52.0 Å². The van der Waals surface area contributed by atoms with Gasteiger partial charge in [0.25, 0.3) is 12.3 Å². The van der Waals surface area contributed by atoms with Crippen LogP contribution in [0.5, 0.6) is 0 Å². The number of carbonyl (C=O) groups is 3. The van der Waals surface area contributed by atoms with Gasteiger partial charge in [-0.1, -0.05) is 19.1 Å². The molecular weight excluding hydrogens is 710 g/mol. The number of aryl methyl sites for hydroxylation is 1. The van der Waals surface area contributed by atoms with Crippen molar-refractivity contribution < 1.29 is 32.6 Å². The van der Waals surface area contributed by atoms with Crippen LogP contribution in [-0.2, 0) is 38.4 Å². The molecule has 4 aliphatic heterocycles. The lowest BCUT2D eigenvalue weighted by Crippen LogP contribution is -2.38. The molecule has 15 heteroatoms. The summed E-state index contributed by atoms with van der Waals surface area (Å²) in [6, 6.07) is 2.72. The molecule has 13 nitrogen and oxygen atoms in total. The van der Waals surface area contributed by atoms with E-state index >= 15 is 0 Å². The topological polar surface area (TPSA) is 128 Å². The number of anilines is 2. The molecular formula is C40H54F2N8O5. The van der Waals surface area contributed by atoms with Crippen LogP contribution in [0, 0.1) is 5.92 Å². The number of aromatic nitrogens is 5. The summed E-state index contributed by atoms with van der Waals surface area (Å²) in [7, 11) is 0. The highest BCUT2D eigenvalue weighted by molar-refractivity contribution is 5.97. The van der Waals surface area contributed by atoms with E-state index in [0.717, 1.165) is 41.8 Å². The second-order valence-corrected chi connectivity index (χ2v) is 16.8. The quantitative estimate of drug-likeness (QED) is 0.243. The molecule has 3 aromatic rings. The van der Waals surface area contributed by atoms with E-state index in [4.69, 9.17) is 14.6 Å². The molecule has 0 aliphatic carbocycles. The molecule has 6 heterocycles. The number of hydrogen-bond donors (Lipinski definition) is 0. The molecule has 298 valence electrons. The van der Waals surface area contributed by atoms with E-state index in [1.807, 2.05) is 44.4 Å². The maximum Gasteiger partial charge on any atom is 0.331 e. The molecule has 4 aliphatic rings. The highest BCUT2D eigenvalue weighted by atomic mass is 19.3.